The molecule has 10 heteroatoms. The Morgan fingerprint density at radius 2 is 1.83 bits per heavy atom. The molecule has 0 amide bonds. The monoisotopic (exact) mass is 523 g/mol. The van der Waals surface area contributed by atoms with Crippen LogP contribution in [-0.4, -0.2) is 46.6 Å². The van der Waals surface area contributed by atoms with Crippen LogP contribution in [0.3, 0.4) is 0 Å². The molecule has 2 aliphatic rings. The molecular weight excluding hydrogens is 494 g/mol. The molecule has 4 atom stereocenters. The highest BCUT2D eigenvalue weighted by atomic mass is 32.2. The summed E-state index contributed by atoms with van der Waals surface area (Å²) in [4.78, 5) is 10.2. The number of benzene rings is 1. The molecule has 2 fully saturated rings. The normalized spacial score (nSPS) is 22.7. The molecule has 36 heavy (non-hydrogen) atoms. The number of aliphatic hydroxyl groups is 1. The molecule has 1 aliphatic heterocycles. The maximum Gasteiger partial charge on any atom is 0.269 e. The Hall–Kier alpha value is -2.79. The van der Waals surface area contributed by atoms with Gasteiger partial charge >= 0.3 is 0 Å². The lowest BCUT2D eigenvalue weighted by Gasteiger charge is -2.19. The zero-order valence-corrected chi connectivity index (χ0v) is 21.8. The topological polar surface area (TPSA) is 109 Å². The molecule has 1 aliphatic carbocycles. The van der Waals surface area contributed by atoms with Crippen LogP contribution in [0.15, 0.2) is 53.8 Å². The SMILES string of the molecule is Cc1ccc(S(=O)(=O)n2ccc3c(NC4C[C@H]5CNC[C@H]5C4)c(-c4ncc(C(C)O)s4)cnc32)cc1. The van der Waals surface area contributed by atoms with Gasteiger partial charge in [0.15, 0.2) is 5.65 Å². The molecule has 2 unspecified atom stereocenters. The van der Waals surface area contributed by atoms with Crippen molar-refractivity contribution < 1.29 is 13.5 Å². The zero-order chi connectivity index (χ0) is 25.0. The van der Waals surface area contributed by atoms with Gasteiger partial charge in [0.1, 0.15) is 5.01 Å². The van der Waals surface area contributed by atoms with Crippen LogP contribution >= 0.6 is 11.3 Å². The summed E-state index contributed by atoms with van der Waals surface area (Å²) in [7, 11) is -3.81. The lowest BCUT2D eigenvalue weighted by atomic mass is 10.0. The number of hydrogen-bond acceptors (Lipinski definition) is 8. The fourth-order valence-electron chi connectivity index (χ4n) is 5.49. The van der Waals surface area contributed by atoms with Gasteiger partial charge in [-0.3, -0.25) is 0 Å². The van der Waals surface area contributed by atoms with E-state index in [2.05, 4.69) is 20.6 Å². The van der Waals surface area contributed by atoms with Gasteiger partial charge < -0.3 is 15.7 Å². The van der Waals surface area contributed by atoms with E-state index in [1.807, 2.05) is 13.0 Å². The predicted octanol–water partition coefficient (Wildman–Crippen LogP) is 4.17. The van der Waals surface area contributed by atoms with Gasteiger partial charge in [0.25, 0.3) is 10.0 Å². The first-order valence-electron chi connectivity index (χ1n) is 12.2. The van der Waals surface area contributed by atoms with Gasteiger partial charge in [0.05, 0.1) is 27.1 Å². The number of aryl methyl sites for hydroxylation is 1. The molecule has 0 bridgehead atoms. The van der Waals surface area contributed by atoms with Crippen molar-refractivity contribution in [1.82, 2.24) is 19.3 Å². The summed E-state index contributed by atoms with van der Waals surface area (Å²) >= 11 is 1.43. The fraction of sp³-hybridized carbons (Fsp3) is 0.385. The van der Waals surface area contributed by atoms with Crippen molar-refractivity contribution in [2.75, 3.05) is 18.4 Å². The number of rotatable bonds is 6. The predicted molar refractivity (Wildman–Crippen MR) is 142 cm³/mol. The van der Waals surface area contributed by atoms with E-state index in [0.29, 0.717) is 23.5 Å². The molecule has 3 aromatic heterocycles. The summed E-state index contributed by atoms with van der Waals surface area (Å²) < 4.78 is 28.3. The summed E-state index contributed by atoms with van der Waals surface area (Å²) in [6, 6.07) is 8.96. The molecule has 1 saturated heterocycles. The van der Waals surface area contributed by atoms with Crippen LogP contribution in [0.25, 0.3) is 21.6 Å². The average Bonchev–Trinajstić information content (AvgIpc) is 3.62. The second-order valence-electron chi connectivity index (χ2n) is 9.95. The largest absolute Gasteiger partial charge is 0.388 e. The lowest BCUT2D eigenvalue weighted by molar-refractivity contribution is 0.203. The summed E-state index contributed by atoms with van der Waals surface area (Å²) in [6.07, 6.45) is 6.51. The first-order valence-corrected chi connectivity index (χ1v) is 14.5. The number of pyridine rings is 1. The summed E-state index contributed by atoms with van der Waals surface area (Å²) in [5, 5.41) is 18.8. The molecule has 188 valence electrons. The van der Waals surface area contributed by atoms with Gasteiger partial charge in [0, 0.05) is 30.0 Å². The molecule has 8 nitrogen and oxygen atoms in total. The van der Waals surface area contributed by atoms with Gasteiger partial charge in [-0.15, -0.1) is 11.3 Å². The maximum atomic E-state index is 13.5. The van der Waals surface area contributed by atoms with Gasteiger partial charge in [0.2, 0.25) is 0 Å². The van der Waals surface area contributed by atoms with Crippen LogP contribution in [0.2, 0.25) is 0 Å². The second-order valence-corrected chi connectivity index (χ2v) is 12.8. The molecule has 6 rings (SSSR count). The van der Waals surface area contributed by atoms with Crippen molar-refractivity contribution in [2.45, 2.75) is 43.7 Å². The number of aliphatic hydroxyl groups excluding tert-OH is 1. The molecule has 0 spiro atoms. The van der Waals surface area contributed by atoms with E-state index in [9.17, 15) is 13.5 Å². The third-order valence-corrected chi connectivity index (χ3v) is 10.3. The molecule has 1 saturated carbocycles. The van der Waals surface area contributed by atoms with Crippen LogP contribution in [0.4, 0.5) is 5.69 Å². The number of nitrogens with zero attached hydrogens (tertiary/aromatic N) is 3. The highest BCUT2D eigenvalue weighted by molar-refractivity contribution is 7.90. The minimum atomic E-state index is -3.81. The van der Waals surface area contributed by atoms with Crippen LogP contribution in [0.5, 0.6) is 0 Å². The van der Waals surface area contributed by atoms with E-state index >= 15 is 0 Å². The fourth-order valence-corrected chi connectivity index (χ4v) is 7.66. The van der Waals surface area contributed by atoms with E-state index in [1.54, 1.807) is 49.8 Å². The van der Waals surface area contributed by atoms with Crippen LogP contribution in [-0.2, 0) is 10.0 Å². The number of nitrogens with one attached hydrogen (secondary N) is 2. The van der Waals surface area contributed by atoms with Crippen LogP contribution < -0.4 is 10.6 Å². The minimum absolute atomic E-state index is 0.226. The highest BCUT2D eigenvalue weighted by Crippen LogP contribution is 2.41. The Kier molecular flexibility index (Phi) is 5.87. The van der Waals surface area contributed by atoms with Crippen molar-refractivity contribution in [2.24, 2.45) is 11.8 Å². The maximum absolute atomic E-state index is 13.5. The minimum Gasteiger partial charge on any atom is -0.388 e. The van der Waals surface area contributed by atoms with Crippen LogP contribution in [0.1, 0.15) is 36.3 Å². The Morgan fingerprint density at radius 1 is 1.11 bits per heavy atom. The third kappa shape index (κ3) is 4.02. The Labute approximate surface area is 214 Å². The zero-order valence-electron chi connectivity index (χ0n) is 20.2. The smallest absolute Gasteiger partial charge is 0.269 e. The first kappa shape index (κ1) is 23.6. The molecule has 4 heterocycles. The van der Waals surface area contributed by atoms with Gasteiger partial charge in [-0.2, -0.15) is 0 Å². The molecule has 3 N–H and O–H groups in total. The standard InChI is InChI=1S/C26H29N5O3S2/c1-15-3-5-20(6-4-15)36(33,34)31-8-7-21-24(30-19-9-17-11-27-12-18(17)10-19)22(13-28-25(21)31)26-29-14-23(35-26)16(2)32/h3-8,13-14,16-19,27,32H,9-12H2,1-2H3,(H,28,30)/t16?,17-,18+,19?. The Balaban J connectivity index is 1.46. The van der Waals surface area contributed by atoms with Crippen molar-refractivity contribution >= 4 is 38.1 Å². The summed E-state index contributed by atoms with van der Waals surface area (Å²) in [5.41, 5.74) is 3.05. The highest BCUT2D eigenvalue weighted by Gasteiger charge is 2.38. The van der Waals surface area contributed by atoms with Gasteiger partial charge in [-0.1, -0.05) is 17.7 Å². The summed E-state index contributed by atoms with van der Waals surface area (Å²) in [5.74, 6) is 1.33. The number of thiazole rings is 1. The van der Waals surface area contributed by atoms with Crippen molar-refractivity contribution in [3.8, 4) is 10.6 Å². The lowest BCUT2D eigenvalue weighted by Crippen LogP contribution is -2.21. The van der Waals surface area contributed by atoms with Crippen LogP contribution in [0, 0.1) is 18.8 Å². The number of fused-ring (bicyclic) bond motifs is 2. The van der Waals surface area contributed by atoms with Crippen molar-refractivity contribution in [3.05, 3.63) is 59.4 Å². The number of aromatic nitrogens is 3. The third-order valence-electron chi connectivity index (χ3n) is 7.43. The molecule has 4 aromatic rings. The van der Waals surface area contributed by atoms with Crippen molar-refractivity contribution in [1.29, 1.82) is 0 Å². The second kappa shape index (κ2) is 8.95. The summed E-state index contributed by atoms with van der Waals surface area (Å²) in [6.45, 7) is 5.75. The average molecular weight is 524 g/mol. The van der Waals surface area contributed by atoms with E-state index in [-0.39, 0.29) is 4.90 Å². The number of hydrogen-bond donors (Lipinski definition) is 3. The number of anilines is 1. The van der Waals surface area contributed by atoms with E-state index in [0.717, 1.165) is 58.0 Å². The molecular formula is C26H29N5O3S2. The molecule has 1 aromatic carbocycles. The van der Waals surface area contributed by atoms with E-state index in [4.69, 9.17) is 0 Å². The Bertz CT molecular complexity index is 1510. The van der Waals surface area contributed by atoms with Crippen molar-refractivity contribution in [3.63, 3.8) is 0 Å². The van der Waals surface area contributed by atoms with Gasteiger partial charge in [-0.05, 0) is 69.8 Å². The Morgan fingerprint density at radius 3 is 2.50 bits per heavy atom. The molecule has 0 radical (unpaired) electrons. The van der Waals surface area contributed by atoms with E-state index < -0.39 is 16.1 Å². The van der Waals surface area contributed by atoms with E-state index in [1.165, 1.54) is 15.3 Å². The first-order chi connectivity index (χ1) is 17.3. The van der Waals surface area contributed by atoms with Gasteiger partial charge in [-0.25, -0.2) is 22.4 Å². The quantitative estimate of drug-likeness (QED) is 0.348.